The van der Waals surface area contributed by atoms with Crippen LogP contribution in [0.1, 0.15) is 39.7 Å². The van der Waals surface area contributed by atoms with Crippen LogP contribution >= 0.6 is 11.6 Å². The van der Waals surface area contributed by atoms with Gasteiger partial charge in [0.2, 0.25) is 11.7 Å². The summed E-state index contributed by atoms with van der Waals surface area (Å²) >= 11 is 5.91. The zero-order valence-corrected chi connectivity index (χ0v) is 18.4. The molecule has 3 aromatic rings. The van der Waals surface area contributed by atoms with Crippen molar-refractivity contribution in [3.63, 3.8) is 0 Å². The first kappa shape index (κ1) is 22.4. The Hall–Kier alpha value is -3.26. The molecule has 0 spiro atoms. The zero-order valence-electron chi connectivity index (χ0n) is 17.7. The minimum atomic E-state index is -0.612. The van der Waals surface area contributed by atoms with Crippen LogP contribution in [-0.4, -0.2) is 32.0 Å². The first-order valence-electron chi connectivity index (χ1n) is 10.1. The van der Waals surface area contributed by atoms with Gasteiger partial charge in [0.25, 0.3) is 5.91 Å². The molecule has 0 saturated heterocycles. The molecule has 8 nitrogen and oxygen atoms in total. The second-order valence-corrected chi connectivity index (χ2v) is 8.01. The van der Waals surface area contributed by atoms with E-state index >= 15 is 0 Å². The Balaban J connectivity index is 1.65. The van der Waals surface area contributed by atoms with Crippen LogP contribution in [0.25, 0.3) is 11.4 Å². The average molecular weight is 441 g/mol. The van der Waals surface area contributed by atoms with Gasteiger partial charge in [0.15, 0.2) is 6.04 Å². The monoisotopic (exact) mass is 440 g/mol. The molecule has 1 unspecified atom stereocenters. The van der Waals surface area contributed by atoms with Gasteiger partial charge in [0, 0.05) is 28.4 Å². The van der Waals surface area contributed by atoms with Gasteiger partial charge in [-0.3, -0.25) is 9.59 Å². The highest BCUT2D eigenvalue weighted by atomic mass is 35.5. The molecule has 1 aromatic heterocycles. The van der Waals surface area contributed by atoms with Gasteiger partial charge in [-0.2, -0.15) is 4.80 Å². The molecule has 2 amide bonds. The summed E-state index contributed by atoms with van der Waals surface area (Å²) in [7, 11) is 0. The van der Waals surface area contributed by atoms with Crippen molar-refractivity contribution in [3.05, 3.63) is 53.6 Å². The fraction of sp³-hybridized carbons (Fsp3) is 0.318. The van der Waals surface area contributed by atoms with Gasteiger partial charge in [-0.1, -0.05) is 32.4 Å². The van der Waals surface area contributed by atoms with Crippen LogP contribution in [0, 0.1) is 5.92 Å². The van der Waals surface area contributed by atoms with Crippen molar-refractivity contribution in [1.29, 1.82) is 0 Å². The molecule has 1 heterocycles. The van der Waals surface area contributed by atoms with E-state index in [1.165, 1.54) is 4.80 Å². The molecule has 0 saturated carbocycles. The molecule has 0 aliphatic heterocycles. The van der Waals surface area contributed by atoms with E-state index in [1.807, 2.05) is 20.8 Å². The van der Waals surface area contributed by atoms with E-state index in [2.05, 4.69) is 26.0 Å². The maximum Gasteiger partial charge on any atom is 0.251 e. The van der Waals surface area contributed by atoms with Crippen molar-refractivity contribution in [1.82, 2.24) is 20.2 Å². The number of amides is 2. The highest BCUT2D eigenvalue weighted by molar-refractivity contribution is 6.30. The molecular formula is C22H25ClN6O2. The highest BCUT2D eigenvalue weighted by Gasteiger charge is 2.22. The van der Waals surface area contributed by atoms with E-state index in [0.717, 1.165) is 5.56 Å². The molecule has 0 aliphatic carbocycles. The normalized spacial score (nSPS) is 11.9. The van der Waals surface area contributed by atoms with Crippen LogP contribution in [0.3, 0.4) is 0 Å². The Morgan fingerprint density at radius 1 is 1.00 bits per heavy atom. The van der Waals surface area contributed by atoms with Crippen molar-refractivity contribution in [2.45, 2.75) is 39.7 Å². The SMILES string of the molecule is CCC(C(=O)Nc1ccc(NC(=O)CC(C)C)cc1)n1nnc(-c2ccc(Cl)cc2)n1. The van der Waals surface area contributed by atoms with Crippen LogP contribution in [0.15, 0.2) is 48.5 Å². The third kappa shape index (κ3) is 6.11. The fourth-order valence-electron chi connectivity index (χ4n) is 2.97. The van der Waals surface area contributed by atoms with Gasteiger partial charge in [-0.15, -0.1) is 10.2 Å². The number of hydrogen-bond donors (Lipinski definition) is 2. The average Bonchev–Trinajstić information content (AvgIpc) is 3.19. The Labute approximate surface area is 186 Å². The van der Waals surface area contributed by atoms with E-state index in [1.54, 1.807) is 48.5 Å². The molecule has 31 heavy (non-hydrogen) atoms. The van der Waals surface area contributed by atoms with Gasteiger partial charge < -0.3 is 10.6 Å². The molecule has 0 radical (unpaired) electrons. The number of rotatable bonds is 8. The van der Waals surface area contributed by atoms with Crippen LogP contribution in [-0.2, 0) is 9.59 Å². The van der Waals surface area contributed by atoms with Crippen molar-refractivity contribution < 1.29 is 9.59 Å². The van der Waals surface area contributed by atoms with Crippen molar-refractivity contribution >= 4 is 34.8 Å². The molecule has 0 aliphatic rings. The highest BCUT2D eigenvalue weighted by Crippen LogP contribution is 2.20. The predicted molar refractivity (Wildman–Crippen MR) is 121 cm³/mol. The van der Waals surface area contributed by atoms with Crippen LogP contribution in [0.4, 0.5) is 11.4 Å². The molecular weight excluding hydrogens is 416 g/mol. The maximum absolute atomic E-state index is 12.8. The lowest BCUT2D eigenvalue weighted by Crippen LogP contribution is -2.27. The zero-order chi connectivity index (χ0) is 22.4. The Morgan fingerprint density at radius 2 is 1.61 bits per heavy atom. The van der Waals surface area contributed by atoms with E-state index in [-0.39, 0.29) is 17.7 Å². The summed E-state index contributed by atoms with van der Waals surface area (Å²) in [6.45, 7) is 5.86. The summed E-state index contributed by atoms with van der Waals surface area (Å²) in [4.78, 5) is 26.0. The van der Waals surface area contributed by atoms with Gasteiger partial charge in [-0.25, -0.2) is 0 Å². The first-order chi connectivity index (χ1) is 14.9. The Kier molecular flexibility index (Phi) is 7.36. The number of nitrogens with zero attached hydrogens (tertiary/aromatic N) is 4. The fourth-order valence-corrected chi connectivity index (χ4v) is 3.10. The quantitative estimate of drug-likeness (QED) is 0.534. The van der Waals surface area contributed by atoms with Gasteiger partial charge in [-0.05, 0) is 66.1 Å². The summed E-state index contributed by atoms with van der Waals surface area (Å²) in [5.41, 5.74) is 2.06. The predicted octanol–water partition coefficient (Wildman–Crippen LogP) is 4.57. The number of anilines is 2. The molecule has 9 heteroatoms. The molecule has 0 bridgehead atoms. The van der Waals surface area contributed by atoms with Crippen molar-refractivity contribution in [3.8, 4) is 11.4 Å². The number of benzene rings is 2. The summed E-state index contributed by atoms with van der Waals surface area (Å²) in [6, 6.07) is 13.5. The lowest BCUT2D eigenvalue weighted by Gasteiger charge is -2.14. The van der Waals surface area contributed by atoms with Crippen molar-refractivity contribution in [2.75, 3.05) is 10.6 Å². The van der Waals surface area contributed by atoms with Crippen LogP contribution in [0.2, 0.25) is 5.02 Å². The smallest absolute Gasteiger partial charge is 0.251 e. The Morgan fingerprint density at radius 3 is 2.19 bits per heavy atom. The summed E-state index contributed by atoms with van der Waals surface area (Å²) in [5, 5.41) is 18.8. The van der Waals surface area contributed by atoms with Gasteiger partial charge >= 0.3 is 0 Å². The standard InChI is InChI=1S/C22H25ClN6O2/c1-4-19(29-27-21(26-28-29)15-5-7-16(23)8-6-15)22(31)25-18-11-9-17(10-12-18)24-20(30)13-14(2)3/h5-12,14,19H,4,13H2,1-3H3,(H,24,30)(H,25,31). The molecule has 1 atom stereocenters. The molecule has 2 N–H and O–H groups in total. The number of nitrogens with one attached hydrogen (secondary N) is 2. The molecule has 2 aromatic carbocycles. The lowest BCUT2D eigenvalue weighted by molar-refractivity contribution is -0.120. The van der Waals surface area contributed by atoms with E-state index < -0.39 is 6.04 Å². The minimum absolute atomic E-state index is 0.0356. The lowest BCUT2D eigenvalue weighted by atomic mass is 10.1. The first-order valence-corrected chi connectivity index (χ1v) is 10.5. The number of hydrogen-bond acceptors (Lipinski definition) is 5. The number of halogens is 1. The number of carbonyl (C=O) groups excluding carboxylic acids is 2. The Bertz CT molecular complexity index is 1030. The number of carbonyl (C=O) groups is 2. The summed E-state index contributed by atoms with van der Waals surface area (Å²) in [6.07, 6.45) is 0.950. The third-order valence-electron chi connectivity index (χ3n) is 4.53. The second-order valence-electron chi connectivity index (χ2n) is 7.58. The van der Waals surface area contributed by atoms with E-state index in [0.29, 0.717) is 35.1 Å². The van der Waals surface area contributed by atoms with Gasteiger partial charge in [0.05, 0.1) is 0 Å². The molecule has 3 rings (SSSR count). The maximum atomic E-state index is 12.8. The number of aromatic nitrogens is 4. The van der Waals surface area contributed by atoms with Gasteiger partial charge in [0.1, 0.15) is 0 Å². The summed E-state index contributed by atoms with van der Waals surface area (Å²) < 4.78 is 0. The largest absolute Gasteiger partial charge is 0.326 e. The number of tetrazole rings is 1. The third-order valence-corrected chi connectivity index (χ3v) is 4.78. The van der Waals surface area contributed by atoms with Crippen LogP contribution in [0.5, 0.6) is 0 Å². The van der Waals surface area contributed by atoms with E-state index in [9.17, 15) is 9.59 Å². The molecule has 162 valence electrons. The minimum Gasteiger partial charge on any atom is -0.326 e. The topological polar surface area (TPSA) is 102 Å². The van der Waals surface area contributed by atoms with Crippen LogP contribution < -0.4 is 10.6 Å². The summed E-state index contributed by atoms with van der Waals surface area (Å²) in [5.74, 6) is 0.422. The second kappa shape index (κ2) is 10.2. The molecule has 0 fully saturated rings. The van der Waals surface area contributed by atoms with E-state index in [4.69, 9.17) is 11.6 Å². The van der Waals surface area contributed by atoms with Crippen molar-refractivity contribution in [2.24, 2.45) is 5.92 Å².